The summed E-state index contributed by atoms with van der Waals surface area (Å²) < 4.78 is 0. The predicted octanol–water partition coefficient (Wildman–Crippen LogP) is 3.90. The first-order chi connectivity index (χ1) is 16.2. The van der Waals surface area contributed by atoms with E-state index in [1.54, 1.807) is 0 Å². The van der Waals surface area contributed by atoms with Gasteiger partial charge in [0.05, 0.1) is 11.6 Å². The van der Waals surface area contributed by atoms with Crippen molar-refractivity contribution in [2.75, 3.05) is 26.2 Å². The summed E-state index contributed by atoms with van der Waals surface area (Å²) in [4.78, 5) is 21.9. The molecule has 2 aromatic carbocycles. The van der Waals surface area contributed by atoms with Crippen LogP contribution in [-0.4, -0.2) is 58.1 Å². The quantitative estimate of drug-likeness (QED) is 0.628. The van der Waals surface area contributed by atoms with Crippen molar-refractivity contribution in [3.05, 3.63) is 78.0 Å². The topological polar surface area (TPSA) is 56.7 Å². The number of carbonyl (C=O) groups excluding carboxylic acids is 1. The van der Waals surface area contributed by atoms with Gasteiger partial charge in [0.25, 0.3) is 0 Å². The zero-order valence-electron chi connectivity index (χ0n) is 19.1. The molecular weight excluding hydrogens is 410 g/mol. The van der Waals surface area contributed by atoms with Crippen molar-refractivity contribution in [1.82, 2.24) is 14.8 Å². The van der Waals surface area contributed by atoms with Gasteiger partial charge in [-0.05, 0) is 61.5 Å². The zero-order chi connectivity index (χ0) is 22.6. The minimum Gasteiger partial charge on any atom is -0.391 e. The Bertz CT molecular complexity index is 1070. The molecule has 5 nitrogen and oxygen atoms in total. The third-order valence-electron chi connectivity index (χ3n) is 7.40. The van der Waals surface area contributed by atoms with Gasteiger partial charge in [0.15, 0.2) is 0 Å². The van der Waals surface area contributed by atoms with Crippen LogP contribution in [0.1, 0.15) is 30.4 Å². The molecule has 172 valence electrons. The number of nitrogens with zero attached hydrogens (tertiary/aromatic N) is 3. The molecule has 2 aliphatic rings. The molecule has 1 aromatic heterocycles. The monoisotopic (exact) mass is 443 g/mol. The molecule has 33 heavy (non-hydrogen) atoms. The molecular formula is C28H33N3O2. The molecule has 1 amide bonds. The minimum atomic E-state index is -0.464. The van der Waals surface area contributed by atoms with Gasteiger partial charge in [-0.2, -0.15) is 0 Å². The predicted molar refractivity (Wildman–Crippen MR) is 131 cm³/mol. The minimum absolute atomic E-state index is 0.0764. The lowest BCUT2D eigenvalue weighted by molar-refractivity contribution is -0.132. The Hall–Kier alpha value is -2.76. The van der Waals surface area contributed by atoms with Crippen LogP contribution < -0.4 is 0 Å². The molecule has 2 aliphatic heterocycles. The number of carbonyl (C=O) groups is 1. The first-order valence-electron chi connectivity index (χ1n) is 12.2. The number of hydrogen-bond donors (Lipinski definition) is 1. The van der Waals surface area contributed by atoms with Crippen LogP contribution >= 0.6 is 0 Å². The first-order valence-corrected chi connectivity index (χ1v) is 12.2. The highest BCUT2D eigenvalue weighted by atomic mass is 16.3. The number of aliphatic hydroxyl groups is 1. The van der Waals surface area contributed by atoms with Gasteiger partial charge in [0.1, 0.15) is 0 Å². The second kappa shape index (κ2) is 10.0. The van der Waals surface area contributed by atoms with Crippen molar-refractivity contribution in [3.63, 3.8) is 0 Å². The molecule has 3 heterocycles. The number of piperidine rings is 1. The van der Waals surface area contributed by atoms with Gasteiger partial charge in [-0.15, -0.1) is 0 Å². The smallest absolute Gasteiger partial charge is 0.222 e. The fourth-order valence-corrected chi connectivity index (χ4v) is 5.44. The SMILES string of the molecule is O=C(CC1CCN(Cc2ccccc2)CC1)N1C[C@@H](Cc2ccnc3ccccc23)[C@@H](O)C1. The Kier molecular flexibility index (Phi) is 6.70. The molecule has 1 N–H and O–H groups in total. The maximum Gasteiger partial charge on any atom is 0.222 e. The molecule has 0 spiro atoms. The second-order valence-corrected chi connectivity index (χ2v) is 9.73. The van der Waals surface area contributed by atoms with Gasteiger partial charge in [0.2, 0.25) is 5.91 Å². The van der Waals surface area contributed by atoms with Gasteiger partial charge in [-0.3, -0.25) is 14.7 Å². The van der Waals surface area contributed by atoms with E-state index in [0.29, 0.717) is 25.4 Å². The van der Waals surface area contributed by atoms with Crippen LogP contribution in [0.25, 0.3) is 10.9 Å². The number of pyridine rings is 1. The van der Waals surface area contributed by atoms with Crippen molar-refractivity contribution in [2.24, 2.45) is 11.8 Å². The lowest BCUT2D eigenvalue weighted by atomic mass is 9.92. The second-order valence-electron chi connectivity index (χ2n) is 9.73. The van der Waals surface area contributed by atoms with E-state index in [2.05, 4.69) is 46.3 Å². The summed E-state index contributed by atoms with van der Waals surface area (Å²) in [6, 6.07) is 20.8. The Morgan fingerprint density at radius 3 is 2.55 bits per heavy atom. The van der Waals surface area contributed by atoms with Gasteiger partial charge in [-0.25, -0.2) is 0 Å². The van der Waals surface area contributed by atoms with Crippen LogP contribution in [0, 0.1) is 11.8 Å². The number of fused-ring (bicyclic) bond motifs is 1. The molecule has 0 aliphatic carbocycles. The molecule has 0 saturated carbocycles. The normalized spacial score (nSPS) is 22.2. The summed E-state index contributed by atoms with van der Waals surface area (Å²) >= 11 is 0. The summed E-state index contributed by atoms with van der Waals surface area (Å²) in [5.41, 5.74) is 3.53. The van der Waals surface area contributed by atoms with E-state index in [9.17, 15) is 9.90 Å². The molecule has 2 saturated heterocycles. The molecule has 0 unspecified atom stereocenters. The van der Waals surface area contributed by atoms with Crippen LogP contribution in [0.3, 0.4) is 0 Å². The fraction of sp³-hybridized carbons (Fsp3) is 0.429. The summed E-state index contributed by atoms with van der Waals surface area (Å²) in [6.07, 6.45) is 4.89. The molecule has 3 aromatic rings. The number of aromatic nitrogens is 1. The highest BCUT2D eigenvalue weighted by Gasteiger charge is 2.35. The van der Waals surface area contributed by atoms with Crippen LogP contribution in [0.15, 0.2) is 66.9 Å². The molecule has 2 fully saturated rings. The zero-order valence-corrected chi connectivity index (χ0v) is 19.1. The Morgan fingerprint density at radius 1 is 0.970 bits per heavy atom. The summed E-state index contributed by atoms with van der Waals surface area (Å²) in [5, 5.41) is 11.8. The highest BCUT2D eigenvalue weighted by Crippen LogP contribution is 2.28. The van der Waals surface area contributed by atoms with E-state index in [0.717, 1.165) is 49.8 Å². The Morgan fingerprint density at radius 2 is 1.73 bits per heavy atom. The molecule has 5 rings (SSSR count). The third-order valence-corrected chi connectivity index (χ3v) is 7.40. The number of amides is 1. The number of benzene rings is 2. The van der Waals surface area contributed by atoms with Crippen LogP contribution in [0.4, 0.5) is 0 Å². The maximum absolute atomic E-state index is 13.0. The average Bonchev–Trinajstić information content (AvgIpc) is 3.21. The highest BCUT2D eigenvalue weighted by molar-refractivity contribution is 5.82. The maximum atomic E-state index is 13.0. The van der Waals surface area contributed by atoms with Gasteiger partial charge < -0.3 is 10.0 Å². The summed E-state index contributed by atoms with van der Waals surface area (Å²) in [7, 11) is 0. The Labute approximate surface area is 196 Å². The number of β-amino-alcohol motifs (C(OH)–C–C–N with tert-alkyl or cyclic N) is 1. The lowest BCUT2D eigenvalue weighted by Gasteiger charge is -2.32. The van der Waals surface area contributed by atoms with Gasteiger partial charge in [0, 0.05) is 43.6 Å². The van der Waals surface area contributed by atoms with Crippen molar-refractivity contribution in [1.29, 1.82) is 0 Å². The van der Waals surface area contributed by atoms with Crippen molar-refractivity contribution in [3.8, 4) is 0 Å². The van der Waals surface area contributed by atoms with Crippen LogP contribution in [0.2, 0.25) is 0 Å². The van der Waals surface area contributed by atoms with Gasteiger partial charge in [-0.1, -0.05) is 48.5 Å². The van der Waals surface area contributed by atoms with Crippen molar-refractivity contribution in [2.45, 2.75) is 38.3 Å². The molecule has 0 bridgehead atoms. The number of aliphatic hydroxyl groups excluding tert-OH is 1. The summed E-state index contributed by atoms with van der Waals surface area (Å²) in [6.45, 7) is 4.19. The molecule has 5 heteroatoms. The van der Waals surface area contributed by atoms with E-state index in [1.165, 1.54) is 11.1 Å². The summed E-state index contributed by atoms with van der Waals surface area (Å²) in [5.74, 6) is 0.731. The number of hydrogen-bond acceptors (Lipinski definition) is 4. The fourth-order valence-electron chi connectivity index (χ4n) is 5.44. The van der Waals surface area contributed by atoms with Gasteiger partial charge >= 0.3 is 0 Å². The standard InChI is InChI=1S/C28H33N3O2/c32-27-20-31(19-24(27)17-23-10-13-29-26-9-5-4-8-25(23)26)28(33)16-21-11-14-30(15-12-21)18-22-6-2-1-3-7-22/h1-10,13,21,24,27,32H,11-12,14-20H2/t24-,27+/m1/s1. The number of para-hydroxylation sites is 1. The molecule has 0 radical (unpaired) electrons. The largest absolute Gasteiger partial charge is 0.391 e. The Balaban J connectivity index is 1.12. The van der Waals surface area contributed by atoms with Crippen molar-refractivity contribution < 1.29 is 9.90 Å². The van der Waals surface area contributed by atoms with Crippen molar-refractivity contribution >= 4 is 16.8 Å². The van der Waals surface area contributed by atoms with E-state index in [1.807, 2.05) is 35.4 Å². The van der Waals surface area contributed by atoms with Crippen LogP contribution in [-0.2, 0) is 17.8 Å². The van der Waals surface area contributed by atoms with E-state index >= 15 is 0 Å². The number of rotatable bonds is 6. The van der Waals surface area contributed by atoms with Crippen LogP contribution in [0.5, 0.6) is 0 Å². The molecule has 2 atom stereocenters. The first kappa shape index (κ1) is 22.1. The average molecular weight is 444 g/mol. The third kappa shape index (κ3) is 5.26. The van der Waals surface area contributed by atoms with E-state index in [-0.39, 0.29) is 11.8 Å². The van der Waals surface area contributed by atoms with E-state index < -0.39 is 6.10 Å². The lowest BCUT2D eigenvalue weighted by Crippen LogP contribution is -2.36. The van der Waals surface area contributed by atoms with E-state index in [4.69, 9.17) is 0 Å². The number of likely N-dealkylation sites (tertiary alicyclic amines) is 2.